The van der Waals surface area contributed by atoms with Crippen molar-refractivity contribution < 1.29 is 19.4 Å². The molecule has 2 saturated heterocycles. The van der Waals surface area contributed by atoms with Crippen molar-refractivity contribution >= 4 is 29.5 Å². The third kappa shape index (κ3) is 6.66. The van der Waals surface area contributed by atoms with E-state index in [2.05, 4.69) is 20.6 Å². The Morgan fingerprint density at radius 1 is 1.24 bits per heavy atom. The van der Waals surface area contributed by atoms with E-state index in [1.165, 1.54) is 0 Å². The van der Waals surface area contributed by atoms with Gasteiger partial charge in [0.05, 0.1) is 24.5 Å². The number of benzene rings is 1. The first-order valence-electron chi connectivity index (χ1n) is 11.5. The smallest absolute Gasteiger partial charge is 0.337 e. The minimum atomic E-state index is -0.970. The molecule has 0 unspecified atom stereocenters. The molecule has 2 fully saturated rings. The predicted molar refractivity (Wildman–Crippen MR) is 130 cm³/mol. The van der Waals surface area contributed by atoms with E-state index in [-0.39, 0.29) is 11.7 Å². The van der Waals surface area contributed by atoms with Crippen molar-refractivity contribution in [2.24, 2.45) is 9.98 Å². The number of guanidine groups is 1. The van der Waals surface area contributed by atoms with Crippen molar-refractivity contribution in [3.05, 3.63) is 47.7 Å². The summed E-state index contributed by atoms with van der Waals surface area (Å²) in [5.74, 6) is 0.242. The number of rotatable bonds is 5. The Hall–Kier alpha value is -3.17. The van der Waals surface area contributed by atoms with Crippen LogP contribution in [0.2, 0.25) is 0 Å². The number of piperidine rings is 1. The van der Waals surface area contributed by atoms with Crippen LogP contribution in [-0.2, 0) is 9.47 Å². The summed E-state index contributed by atoms with van der Waals surface area (Å²) in [5, 5.41) is 16.3. The number of aliphatic imine (C=N–C) groups is 2. The van der Waals surface area contributed by atoms with E-state index in [0.29, 0.717) is 56.6 Å². The topological polar surface area (TPSA) is 108 Å². The predicted octanol–water partition coefficient (Wildman–Crippen LogP) is 2.67. The lowest BCUT2D eigenvalue weighted by molar-refractivity contribution is 0.0696. The molecule has 0 amide bonds. The van der Waals surface area contributed by atoms with Crippen LogP contribution < -0.4 is 15.5 Å². The molecule has 3 aliphatic heterocycles. The highest BCUT2D eigenvalue weighted by atomic mass is 16.5. The number of anilines is 2. The summed E-state index contributed by atoms with van der Waals surface area (Å²) in [6.07, 6.45) is 10.5. The highest BCUT2D eigenvalue weighted by molar-refractivity contribution is 6.01. The second-order valence-corrected chi connectivity index (χ2v) is 8.08. The molecule has 0 radical (unpaired) electrons. The van der Waals surface area contributed by atoms with E-state index in [0.717, 1.165) is 31.7 Å². The third-order valence-electron chi connectivity index (χ3n) is 5.70. The van der Waals surface area contributed by atoms with Gasteiger partial charge in [0.15, 0.2) is 0 Å². The van der Waals surface area contributed by atoms with E-state index in [4.69, 9.17) is 9.47 Å². The maximum Gasteiger partial charge on any atom is 0.337 e. The van der Waals surface area contributed by atoms with Crippen molar-refractivity contribution in [3.8, 4) is 0 Å². The minimum absolute atomic E-state index is 0.190. The Labute approximate surface area is 193 Å². The number of allylic oxidation sites excluding steroid dienone is 3. The van der Waals surface area contributed by atoms with Gasteiger partial charge in [-0.15, -0.1) is 0 Å². The molecule has 1 aromatic rings. The number of carbonyl (C=O) groups is 1. The van der Waals surface area contributed by atoms with Crippen LogP contribution in [-0.4, -0.2) is 75.3 Å². The van der Waals surface area contributed by atoms with Crippen LogP contribution in [0.25, 0.3) is 0 Å². The summed E-state index contributed by atoms with van der Waals surface area (Å²) in [6.45, 7) is 4.79. The van der Waals surface area contributed by atoms with Crippen LogP contribution in [0.4, 0.5) is 11.4 Å². The zero-order chi connectivity index (χ0) is 22.9. The van der Waals surface area contributed by atoms with Gasteiger partial charge in [-0.2, -0.15) is 0 Å². The van der Waals surface area contributed by atoms with Gasteiger partial charge in [-0.25, -0.2) is 14.8 Å². The van der Waals surface area contributed by atoms with E-state index in [9.17, 15) is 9.90 Å². The number of morpholine rings is 1. The molecule has 9 heteroatoms. The Bertz CT molecular complexity index is 944. The highest BCUT2D eigenvalue weighted by Crippen LogP contribution is 2.25. The number of ether oxygens (including phenoxy) is 2. The molecule has 0 saturated carbocycles. The molecule has 0 aliphatic carbocycles. The number of nitrogens with zero attached hydrogens (tertiary/aromatic N) is 3. The molecule has 0 atom stereocenters. The van der Waals surface area contributed by atoms with E-state index in [1.54, 1.807) is 12.3 Å². The molecular formula is C24H31N5O4. The molecule has 9 nitrogen and oxygen atoms in total. The molecule has 1 aromatic carbocycles. The Morgan fingerprint density at radius 3 is 2.85 bits per heavy atom. The van der Waals surface area contributed by atoms with Gasteiger partial charge in [-0.3, -0.25) is 0 Å². The zero-order valence-electron chi connectivity index (χ0n) is 18.7. The zero-order valence-corrected chi connectivity index (χ0v) is 18.7. The van der Waals surface area contributed by atoms with Crippen molar-refractivity contribution in [2.75, 3.05) is 56.2 Å². The number of hydrogen-bond donors (Lipinski definition) is 3. The molecule has 3 heterocycles. The van der Waals surface area contributed by atoms with Crippen LogP contribution in [0.1, 0.15) is 29.6 Å². The molecule has 0 bridgehead atoms. The van der Waals surface area contributed by atoms with Gasteiger partial charge in [0.25, 0.3) is 0 Å². The van der Waals surface area contributed by atoms with Crippen LogP contribution in [0.5, 0.6) is 0 Å². The minimum Gasteiger partial charge on any atom is -0.493 e. The van der Waals surface area contributed by atoms with Crippen molar-refractivity contribution in [1.82, 2.24) is 5.32 Å². The summed E-state index contributed by atoms with van der Waals surface area (Å²) in [6, 6.07) is 5.32. The monoisotopic (exact) mass is 453 g/mol. The second kappa shape index (κ2) is 11.6. The van der Waals surface area contributed by atoms with Crippen molar-refractivity contribution in [1.29, 1.82) is 0 Å². The summed E-state index contributed by atoms with van der Waals surface area (Å²) >= 11 is 0. The Balaban J connectivity index is 1.49. The average Bonchev–Trinajstić information content (AvgIpc) is 2.85. The third-order valence-corrected chi connectivity index (χ3v) is 5.70. The van der Waals surface area contributed by atoms with Gasteiger partial charge in [0.2, 0.25) is 5.96 Å². The quantitative estimate of drug-likeness (QED) is 0.629. The number of carboxylic acids is 1. The SMILES string of the molecule is O=C(O)c1cc(NC2=N/C/C(OC3CCNCC3)=C\C=C/C/C=N\2)ccc1N1CCOCC1. The van der Waals surface area contributed by atoms with Gasteiger partial charge >= 0.3 is 5.97 Å². The number of hydrogen-bond acceptors (Lipinski definition) is 8. The number of carboxylic acid groups (broad SMARTS) is 1. The lowest BCUT2D eigenvalue weighted by atomic mass is 10.1. The molecule has 4 rings (SSSR count). The van der Waals surface area contributed by atoms with Crippen LogP contribution in [0, 0.1) is 0 Å². The van der Waals surface area contributed by atoms with E-state index < -0.39 is 5.97 Å². The lowest BCUT2D eigenvalue weighted by Crippen LogP contribution is -2.37. The summed E-state index contributed by atoms with van der Waals surface area (Å²) in [7, 11) is 0. The van der Waals surface area contributed by atoms with Crippen LogP contribution in [0.15, 0.2) is 52.2 Å². The van der Waals surface area contributed by atoms with Gasteiger partial charge in [-0.1, -0.05) is 12.2 Å². The number of nitrogens with one attached hydrogen (secondary N) is 2. The van der Waals surface area contributed by atoms with Gasteiger partial charge in [0.1, 0.15) is 18.4 Å². The van der Waals surface area contributed by atoms with E-state index >= 15 is 0 Å². The fraction of sp³-hybridized carbons (Fsp3) is 0.458. The van der Waals surface area contributed by atoms with Crippen molar-refractivity contribution in [2.45, 2.75) is 25.4 Å². The first kappa shape index (κ1) is 23.0. The fourth-order valence-corrected chi connectivity index (χ4v) is 3.97. The summed E-state index contributed by atoms with van der Waals surface area (Å²) < 4.78 is 11.6. The first-order chi connectivity index (χ1) is 16.2. The molecular weight excluding hydrogens is 422 g/mol. The average molecular weight is 454 g/mol. The normalized spacial score (nSPS) is 25.2. The molecule has 0 aromatic heterocycles. The van der Waals surface area contributed by atoms with Gasteiger partial charge < -0.3 is 30.1 Å². The standard InChI is InChI=1S/C24H31N5O4/c30-23(31)21-16-18(5-6-22(21)29-12-14-32-15-13-29)28-24-26-9-3-1-2-4-20(17-27-24)33-19-7-10-25-11-8-19/h1-2,4-6,9,16,19,25H,3,7-8,10-15,17H2,(H,27,28)(H,30,31)/b2-1-,20-4+,26-9-. The van der Waals surface area contributed by atoms with Crippen molar-refractivity contribution in [3.63, 3.8) is 0 Å². The number of aromatic carboxylic acids is 1. The maximum absolute atomic E-state index is 11.9. The van der Waals surface area contributed by atoms with Gasteiger partial charge in [-0.05, 0) is 50.2 Å². The summed E-state index contributed by atoms with van der Waals surface area (Å²) in [4.78, 5) is 23.0. The molecule has 0 spiro atoms. The second-order valence-electron chi connectivity index (χ2n) is 8.08. The largest absolute Gasteiger partial charge is 0.493 e. The first-order valence-corrected chi connectivity index (χ1v) is 11.5. The van der Waals surface area contributed by atoms with Gasteiger partial charge in [0, 0.05) is 31.4 Å². The highest BCUT2D eigenvalue weighted by Gasteiger charge is 2.19. The maximum atomic E-state index is 11.9. The van der Waals surface area contributed by atoms with Crippen LogP contribution in [0.3, 0.4) is 0 Å². The van der Waals surface area contributed by atoms with Crippen LogP contribution >= 0.6 is 0 Å². The molecule has 3 N–H and O–H groups in total. The molecule has 3 aliphatic rings. The Kier molecular flexibility index (Phi) is 8.10. The summed E-state index contributed by atoms with van der Waals surface area (Å²) in [5.41, 5.74) is 1.56. The fourth-order valence-electron chi connectivity index (χ4n) is 3.97. The molecule has 176 valence electrons. The van der Waals surface area contributed by atoms with E-state index in [1.807, 2.05) is 35.3 Å². The molecule has 33 heavy (non-hydrogen) atoms. The lowest BCUT2D eigenvalue weighted by Gasteiger charge is -2.30. The Morgan fingerprint density at radius 2 is 2.06 bits per heavy atom.